The third kappa shape index (κ3) is 2.78. The van der Waals surface area contributed by atoms with Crippen molar-refractivity contribution in [2.24, 2.45) is 0 Å². The van der Waals surface area contributed by atoms with Gasteiger partial charge in [-0.05, 0) is 48.7 Å². The molecule has 3 N–H and O–H groups in total. The Hall–Kier alpha value is -0.810. The fourth-order valence-electron chi connectivity index (χ4n) is 2.44. The Labute approximate surface area is 116 Å². The van der Waals surface area contributed by atoms with Gasteiger partial charge in [0.1, 0.15) is 5.82 Å². The molecule has 0 aliphatic carbocycles. The molecule has 0 bridgehead atoms. The zero-order valence-corrected chi connectivity index (χ0v) is 12.3. The highest BCUT2D eigenvalue weighted by Gasteiger charge is 2.25. The van der Waals surface area contributed by atoms with E-state index in [0.29, 0.717) is 27.9 Å². The average molecular weight is 316 g/mol. The first-order valence-corrected chi connectivity index (χ1v) is 7.08. The summed E-state index contributed by atoms with van der Waals surface area (Å²) in [5.41, 5.74) is 10.4. The van der Waals surface area contributed by atoms with Crippen molar-refractivity contribution in [2.45, 2.75) is 45.2 Å². The van der Waals surface area contributed by atoms with Crippen LogP contribution in [0.1, 0.15) is 33.1 Å². The molecule has 100 valence electrons. The van der Waals surface area contributed by atoms with E-state index >= 15 is 0 Å². The molecule has 0 spiro atoms. The predicted octanol–water partition coefficient (Wildman–Crippen LogP) is 3.76. The summed E-state index contributed by atoms with van der Waals surface area (Å²) in [7, 11) is 0. The number of benzene rings is 1. The maximum Gasteiger partial charge on any atom is 0.139 e. The van der Waals surface area contributed by atoms with E-state index in [4.69, 9.17) is 5.73 Å². The molecule has 1 saturated heterocycles. The first kappa shape index (κ1) is 13.6. The molecule has 1 fully saturated rings. The van der Waals surface area contributed by atoms with Gasteiger partial charge in [-0.1, -0.05) is 6.42 Å². The summed E-state index contributed by atoms with van der Waals surface area (Å²) in [6.07, 6.45) is 3.54. The summed E-state index contributed by atoms with van der Waals surface area (Å²) in [6.45, 7) is 4.35. The van der Waals surface area contributed by atoms with E-state index in [1.54, 1.807) is 6.07 Å². The van der Waals surface area contributed by atoms with Crippen LogP contribution >= 0.6 is 15.9 Å². The van der Waals surface area contributed by atoms with Crippen LogP contribution in [0.25, 0.3) is 0 Å². The summed E-state index contributed by atoms with van der Waals surface area (Å²) in [5, 5.41) is 2.17. The smallest absolute Gasteiger partial charge is 0.139 e. The number of nitrogens with zero attached hydrogens (tertiary/aromatic N) is 1. The summed E-state index contributed by atoms with van der Waals surface area (Å²) in [4.78, 5) is 0. The number of piperidine rings is 1. The lowest BCUT2D eigenvalue weighted by molar-refractivity contribution is 0.136. The molecule has 1 heterocycles. The van der Waals surface area contributed by atoms with Crippen molar-refractivity contribution in [3.63, 3.8) is 0 Å². The lowest BCUT2D eigenvalue weighted by atomic mass is 10.00. The number of hydrazine groups is 1. The SMILES string of the molecule is CC1CCCC(C)N1Nc1cc(F)c(Br)cc1N. The van der Waals surface area contributed by atoms with Crippen LogP contribution < -0.4 is 11.2 Å². The first-order valence-electron chi connectivity index (χ1n) is 6.28. The number of hydrogen-bond acceptors (Lipinski definition) is 3. The van der Waals surface area contributed by atoms with Gasteiger partial charge in [-0.3, -0.25) is 0 Å². The molecule has 0 amide bonds. The van der Waals surface area contributed by atoms with Gasteiger partial charge in [-0.15, -0.1) is 0 Å². The monoisotopic (exact) mass is 315 g/mol. The minimum atomic E-state index is -0.302. The van der Waals surface area contributed by atoms with Crippen molar-refractivity contribution in [1.29, 1.82) is 0 Å². The number of nitrogen functional groups attached to an aromatic ring is 1. The van der Waals surface area contributed by atoms with Gasteiger partial charge in [-0.25, -0.2) is 9.40 Å². The molecule has 3 nitrogen and oxygen atoms in total. The van der Waals surface area contributed by atoms with E-state index in [1.807, 2.05) is 0 Å². The zero-order chi connectivity index (χ0) is 13.3. The maximum absolute atomic E-state index is 13.5. The fraction of sp³-hybridized carbons (Fsp3) is 0.538. The third-order valence-electron chi connectivity index (χ3n) is 3.54. The number of hydrogen-bond donors (Lipinski definition) is 2. The highest BCUT2D eigenvalue weighted by Crippen LogP contribution is 2.29. The van der Waals surface area contributed by atoms with E-state index in [9.17, 15) is 4.39 Å². The number of anilines is 2. The normalized spacial score (nSPS) is 25.1. The molecular formula is C13H19BrFN3. The summed E-state index contributed by atoms with van der Waals surface area (Å²) >= 11 is 3.13. The highest BCUT2D eigenvalue weighted by atomic mass is 79.9. The van der Waals surface area contributed by atoms with Gasteiger partial charge in [0.15, 0.2) is 0 Å². The molecule has 0 aromatic heterocycles. The van der Waals surface area contributed by atoms with Crippen LogP contribution in [0.2, 0.25) is 0 Å². The Morgan fingerprint density at radius 2 is 1.94 bits per heavy atom. The Bertz CT molecular complexity index is 428. The van der Waals surface area contributed by atoms with E-state index in [0.717, 1.165) is 12.8 Å². The quantitative estimate of drug-likeness (QED) is 0.816. The molecule has 2 rings (SSSR count). The van der Waals surface area contributed by atoms with E-state index < -0.39 is 0 Å². The molecular weight excluding hydrogens is 297 g/mol. The minimum absolute atomic E-state index is 0.302. The molecule has 1 aromatic carbocycles. The lowest BCUT2D eigenvalue weighted by Crippen LogP contribution is -2.47. The molecule has 2 atom stereocenters. The number of halogens is 2. The number of nitrogens with one attached hydrogen (secondary N) is 1. The molecule has 5 heteroatoms. The van der Waals surface area contributed by atoms with Crippen molar-refractivity contribution < 1.29 is 4.39 Å². The first-order chi connectivity index (χ1) is 8.49. The van der Waals surface area contributed by atoms with E-state index in [2.05, 4.69) is 40.2 Å². The van der Waals surface area contributed by atoms with Gasteiger partial charge in [-0.2, -0.15) is 0 Å². The van der Waals surface area contributed by atoms with Crippen LogP contribution in [0.3, 0.4) is 0 Å². The third-order valence-corrected chi connectivity index (χ3v) is 4.14. The van der Waals surface area contributed by atoms with Crippen LogP contribution in [-0.2, 0) is 0 Å². The van der Waals surface area contributed by atoms with Gasteiger partial charge in [0.2, 0.25) is 0 Å². The Kier molecular flexibility index (Phi) is 4.12. The fourth-order valence-corrected chi connectivity index (χ4v) is 2.80. The van der Waals surface area contributed by atoms with Crippen LogP contribution in [0, 0.1) is 5.82 Å². The number of nitrogens with two attached hydrogens (primary N) is 1. The largest absolute Gasteiger partial charge is 0.397 e. The van der Waals surface area contributed by atoms with Crippen LogP contribution in [0.15, 0.2) is 16.6 Å². The molecule has 0 radical (unpaired) electrons. The summed E-state index contributed by atoms with van der Waals surface area (Å²) in [6, 6.07) is 3.89. The molecule has 2 unspecified atom stereocenters. The number of rotatable bonds is 2. The zero-order valence-electron chi connectivity index (χ0n) is 10.7. The molecule has 1 aromatic rings. The van der Waals surface area contributed by atoms with Crippen molar-refractivity contribution in [3.05, 3.63) is 22.4 Å². The van der Waals surface area contributed by atoms with Gasteiger partial charge < -0.3 is 11.2 Å². The topological polar surface area (TPSA) is 41.3 Å². The second-order valence-electron chi connectivity index (χ2n) is 5.00. The Morgan fingerprint density at radius 3 is 2.56 bits per heavy atom. The standard InChI is InChI=1S/C13H19BrFN3/c1-8-4-3-5-9(2)18(8)17-13-7-11(15)10(14)6-12(13)16/h6-9,17H,3-5,16H2,1-2H3. The van der Waals surface area contributed by atoms with Crippen molar-refractivity contribution in [3.8, 4) is 0 Å². The minimum Gasteiger partial charge on any atom is -0.397 e. The molecule has 18 heavy (non-hydrogen) atoms. The van der Waals surface area contributed by atoms with Gasteiger partial charge in [0, 0.05) is 18.2 Å². The summed E-state index contributed by atoms with van der Waals surface area (Å²) < 4.78 is 13.9. The molecule has 1 aliphatic heterocycles. The van der Waals surface area contributed by atoms with Gasteiger partial charge in [0.05, 0.1) is 15.8 Å². The predicted molar refractivity (Wildman–Crippen MR) is 76.7 cm³/mol. The lowest BCUT2D eigenvalue weighted by Gasteiger charge is -2.39. The molecule has 1 aliphatic rings. The van der Waals surface area contributed by atoms with Gasteiger partial charge in [0.25, 0.3) is 0 Å². The average Bonchev–Trinajstić information content (AvgIpc) is 2.30. The second-order valence-corrected chi connectivity index (χ2v) is 5.86. The van der Waals surface area contributed by atoms with Crippen molar-refractivity contribution in [2.75, 3.05) is 11.2 Å². The van der Waals surface area contributed by atoms with Crippen molar-refractivity contribution >= 4 is 27.3 Å². The van der Waals surface area contributed by atoms with E-state index in [-0.39, 0.29) is 5.82 Å². The maximum atomic E-state index is 13.5. The van der Waals surface area contributed by atoms with Crippen LogP contribution in [0.4, 0.5) is 15.8 Å². The summed E-state index contributed by atoms with van der Waals surface area (Å²) in [5.74, 6) is -0.302. The van der Waals surface area contributed by atoms with E-state index in [1.165, 1.54) is 12.5 Å². The van der Waals surface area contributed by atoms with Crippen molar-refractivity contribution in [1.82, 2.24) is 5.01 Å². The highest BCUT2D eigenvalue weighted by molar-refractivity contribution is 9.10. The van der Waals surface area contributed by atoms with Crippen LogP contribution in [-0.4, -0.2) is 17.1 Å². The van der Waals surface area contributed by atoms with Crippen LogP contribution in [0.5, 0.6) is 0 Å². The van der Waals surface area contributed by atoms with Gasteiger partial charge >= 0.3 is 0 Å². The molecule has 0 saturated carbocycles. The Balaban J connectivity index is 2.20. The Morgan fingerprint density at radius 1 is 1.33 bits per heavy atom. The second kappa shape index (κ2) is 5.45.